The van der Waals surface area contributed by atoms with Gasteiger partial charge in [0.1, 0.15) is 11.5 Å². The Morgan fingerprint density at radius 1 is 0.511 bits per heavy atom. The topological polar surface area (TPSA) is 20.5 Å². The van der Waals surface area contributed by atoms with Gasteiger partial charge in [-0.1, -0.05) is 91.0 Å². The Kier molecular flexibility index (Phi) is 5.03. The molecule has 0 amide bonds. The van der Waals surface area contributed by atoms with E-state index in [1.165, 1.54) is 64.8 Å². The lowest BCUT2D eigenvalue weighted by Crippen LogP contribution is -2.09. The van der Waals surface area contributed by atoms with Crippen LogP contribution in [0.2, 0.25) is 0 Å². The van der Waals surface area contributed by atoms with Crippen LogP contribution < -0.4 is 9.96 Å². The van der Waals surface area contributed by atoms with E-state index >= 15 is 0 Å². The summed E-state index contributed by atoms with van der Waals surface area (Å²) in [4.78, 5) is 0. The molecule has 2 heteroatoms. The van der Waals surface area contributed by atoms with Crippen molar-refractivity contribution >= 4 is 72.0 Å². The van der Waals surface area contributed by atoms with Gasteiger partial charge in [-0.3, -0.25) is 0 Å². The molecule has 9 aromatic rings. The van der Waals surface area contributed by atoms with E-state index in [2.05, 4.69) is 140 Å². The summed E-state index contributed by atoms with van der Waals surface area (Å²) < 4.78 is 13.0. The minimum absolute atomic E-state index is 0.867. The van der Waals surface area contributed by atoms with Gasteiger partial charge in [-0.15, -0.1) is 0 Å². The number of benzene rings is 8. The fourth-order valence-electron chi connectivity index (χ4n) is 7.28. The van der Waals surface area contributed by atoms with Crippen molar-refractivity contribution in [2.24, 2.45) is 0 Å². The molecule has 1 aromatic heterocycles. The van der Waals surface area contributed by atoms with Gasteiger partial charge in [-0.2, -0.15) is 0 Å². The van der Waals surface area contributed by atoms with Gasteiger partial charge < -0.3 is 4.74 Å². The fraction of sp³-hybridized carbons (Fsp3) is 0. The Hall–Kier alpha value is -5.99. The normalized spacial score (nSPS) is 13.3. The predicted octanol–water partition coefficient (Wildman–Crippen LogP) is 10.9. The summed E-state index contributed by atoms with van der Waals surface area (Å²) in [6, 6.07) is 49.3. The molecule has 0 atom stereocenters. The van der Waals surface area contributed by atoms with Crippen LogP contribution in [0.3, 0.4) is 0 Å². The van der Waals surface area contributed by atoms with Crippen molar-refractivity contribution in [3.05, 3.63) is 161 Å². The molecule has 2 nitrogen and oxygen atoms in total. The Morgan fingerprint density at radius 2 is 1.22 bits per heavy atom. The Labute approximate surface area is 259 Å². The Bertz CT molecular complexity index is 2700. The third kappa shape index (κ3) is 3.66. The summed E-state index contributed by atoms with van der Waals surface area (Å²) >= 11 is 0. The molecule has 10 rings (SSSR count). The monoisotopic (exact) mass is 573 g/mol. The maximum atomic E-state index is 6.51. The zero-order chi connectivity index (χ0) is 29.5. The lowest BCUT2D eigenvalue weighted by Gasteiger charge is -2.21. The SMILES string of the molecule is C1=C(c2ccccc2)Oc2ccc3cccc4/c(=C\c5cc6cc(-c7ccccc7)[o+]c7ccc8cccc5c8c67)cc1c2c34. The van der Waals surface area contributed by atoms with Gasteiger partial charge in [0, 0.05) is 33.2 Å². The second kappa shape index (κ2) is 9.25. The van der Waals surface area contributed by atoms with Gasteiger partial charge in [0.05, 0.1) is 17.0 Å². The number of hydrogen-bond donors (Lipinski definition) is 0. The third-order valence-corrected chi connectivity index (χ3v) is 9.28. The van der Waals surface area contributed by atoms with Crippen LogP contribution >= 0.6 is 0 Å². The molecule has 0 N–H and O–H groups in total. The molecule has 2 heterocycles. The molecule has 0 aliphatic carbocycles. The fourth-order valence-corrected chi connectivity index (χ4v) is 7.28. The largest absolute Gasteiger partial charge is 0.456 e. The molecule has 0 unspecified atom stereocenters. The van der Waals surface area contributed by atoms with Crippen LogP contribution in [0.4, 0.5) is 0 Å². The molecule has 0 fully saturated rings. The highest BCUT2D eigenvalue weighted by Gasteiger charge is 2.23. The number of ether oxygens (including phenoxy) is 1. The average Bonchev–Trinajstić information content (AvgIpc) is 3.10. The first-order valence-electron chi connectivity index (χ1n) is 15.3. The Balaban J connectivity index is 1.29. The maximum Gasteiger partial charge on any atom is 0.362 e. The van der Waals surface area contributed by atoms with Gasteiger partial charge in [0.15, 0.2) is 0 Å². The molecule has 0 saturated carbocycles. The zero-order valence-corrected chi connectivity index (χ0v) is 24.3. The highest BCUT2D eigenvalue weighted by molar-refractivity contribution is 6.24. The molecule has 0 bridgehead atoms. The van der Waals surface area contributed by atoms with Gasteiger partial charge in [-0.05, 0) is 86.4 Å². The van der Waals surface area contributed by atoms with Crippen LogP contribution in [0.1, 0.15) is 16.7 Å². The van der Waals surface area contributed by atoms with Crippen LogP contribution in [0, 0.1) is 0 Å². The smallest absolute Gasteiger partial charge is 0.362 e. The maximum absolute atomic E-state index is 6.51. The predicted molar refractivity (Wildman–Crippen MR) is 187 cm³/mol. The van der Waals surface area contributed by atoms with Crippen LogP contribution in [0.25, 0.3) is 83.3 Å². The van der Waals surface area contributed by atoms with Crippen LogP contribution in [-0.4, -0.2) is 0 Å². The summed E-state index contributed by atoms with van der Waals surface area (Å²) in [5.74, 6) is 2.64. The molecule has 0 spiro atoms. The summed E-state index contributed by atoms with van der Waals surface area (Å²) in [5, 5.41) is 12.1. The second-order valence-corrected chi connectivity index (χ2v) is 11.9. The average molecular weight is 574 g/mol. The van der Waals surface area contributed by atoms with Gasteiger partial charge in [-0.25, -0.2) is 4.42 Å². The molecule has 45 heavy (non-hydrogen) atoms. The van der Waals surface area contributed by atoms with E-state index in [4.69, 9.17) is 9.15 Å². The molecule has 208 valence electrons. The van der Waals surface area contributed by atoms with Gasteiger partial charge in [0.2, 0.25) is 0 Å². The molecular weight excluding hydrogens is 548 g/mol. The molecule has 0 radical (unpaired) electrons. The van der Waals surface area contributed by atoms with Crippen molar-refractivity contribution in [1.29, 1.82) is 0 Å². The van der Waals surface area contributed by atoms with Gasteiger partial charge in [0.25, 0.3) is 0 Å². The summed E-state index contributed by atoms with van der Waals surface area (Å²) in [5.41, 5.74) is 5.40. The summed E-state index contributed by atoms with van der Waals surface area (Å²) in [7, 11) is 0. The van der Waals surface area contributed by atoms with Crippen molar-refractivity contribution in [3.63, 3.8) is 0 Å². The molecule has 8 aromatic carbocycles. The number of hydrogen-bond acceptors (Lipinski definition) is 1. The van der Waals surface area contributed by atoms with E-state index in [0.29, 0.717) is 0 Å². The van der Waals surface area contributed by atoms with E-state index in [1.54, 1.807) is 0 Å². The quantitative estimate of drug-likeness (QED) is 0.155. The van der Waals surface area contributed by atoms with Crippen LogP contribution in [0.15, 0.2) is 144 Å². The van der Waals surface area contributed by atoms with E-state index in [-0.39, 0.29) is 0 Å². The second-order valence-electron chi connectivity index (χ2n) is 11.9. The first kappa shape index (κ1) is 24.5. The molecule has 0 saturated heterocycles. The van der Waals surface area contributed by atoms with Crippen LogP contribution in [-0.2, 0) is 0 Å². The van der Waals surface area contributed by atoms with Crippen molar-refractivity contribution < 1.29 is 9.15 Å². The van der Waals surface area contributed by atoms with E-state index in [1.807, 2.05) is 12.1 Å². The first-order valence-corrected chi connectivity index (χ1v) is 15.3. The van der Waals surface area contributed by atoms with Gasteiger partial charge >= 0.3 is 11.3 Å². The summed E-state index contributed by atoms with van der Waals surface area (Å²) in [6.45, 7) is 0. The molecule has 1 aliphatic heterocycles. The molecule has 1 aliphatic rings. The highest BCUT2D eigenvalue weighted by Crippen LogP contribution is 2.42. The van der Waals surface area contributed by atoms with E-state index in [0.717, 1.165) is 34.0 Å². The third-order valence-electron chi connectivity index (χ3n) is 9.28. The van der Waals surface area contributed by atoms with Crippen molar-refractivity contribution in [2.75, 3.05) is 0 Å². The van der Waals surface area contributed by atoms with Crippen LogP contribution in [0.5, 0.6) is 5.75 Å². The minimum atomic E-state index is 0.867. The number of rotatable bonds is 3. The minimum Gasteiger partial charge on any atom is -0.456 e. The van der Waals surface area contributed by atoms with E-state index < -0.39 is 0 Å². The van der Waals surface area contributed by atoms with Crippen molar-refractivity contribution in [1.82, 2.24) is 0 Å². The lowest BCUT2D eigenvalue weighted by atomic mass is 9.90. The van der Waals surface area contributed by atoms with E-state index in [9.17, 15) is 0 Å². The van der Waals surface area contributed by atoms with Crippen molar-refractivity contribution in [3.8, 4) is 17.1 Å². The highest BCUT2D eigenvalue weighted by atomic mass is 16.5. The lowest BCUT2D eigenvalue weighted by molar-refractivity contribution is 0.522. The first-order chi connectivity index (χ1) is 22.3. The zero-order valence-electron chi connectivity index (χ0n) is 24.3. The van der Waals surface area contributed by atoms with Crippen molar-refractivity contribution in [2.45, 2.75) is 0 Å². The summed E-state index contributed by atoms with van der Waals surface area (Å²) in [6.07, 6.45) is 4.56. The Morgan fingerprint density at radius 3 is 2.02 bits per heavy atom. The molecular formula is C43H25O2+. The standard InChI is InChI=1S/C43H25O2/c1-3-9-26(10-4-1)38-24-32-22-30(34-15-7-13-28-17-19-36(44-38)42(32)40(28)34)21-31-23-33-25-39(27-11-5-2-6-12-27)45-37-20-18-29-14-8-16-35(31)41(29)43(33)37/h1-25H/q+1.